The first-order valence-corrected chi connectivity index (χ1v) is 18.2. The van der Waals surface area contributed by atoms with Gasteiger partial charge in [0.1, 0.15) is 18.5 Å². The van der Waals surface area contributed by atoms with Crippen LogP contribution < -0.4 is 16.4 Å². The number of anilines is 1. The summed E-state index contributed by atoms with van der Waals surface area (Å²) in [6.07, 6.45) is -8.09. The van der Waals surface area contributed by atoms with Crippen molar-refractivity contribution in [3.8, 4) is 11.4 Å². The lowest BCUT2D eigenvalue weighted by atomic mass is 10.1. The number of hydrogen-bond donors (Lipinski definition) is 1. The van der Waals surface area contributed by atoms with Gasteiger partial charge in [-0.3, -0.25) is 9.59 Å². The quantitative estimate of drug-likeness (QED) is 0.102. The molecule has 1 aromatic carbocycles. The highest BCUT2D eigenvalue weighted by Crippen LogP contribution is 2.32. The van der Waals surface area contributed by atoms with E-state index in [1.807, 2.05) is 0 Å². The van der Waals surface area contributed by atoms with Crippen LogP contribution in [0.3, 0.4) is 0 Å². The fourth-order valence-electron chi connectivity index (χ4n) is 4.68. The van der Waals surface area contributed by atoms with Gasteiger partial charge in [-0.2, -0.15) is 31.4 Å². The number of ether oxygens (including phenoxy) is 1. The van der Waals surface area contributed by atoms with Gasteiger partial charge >= 0.3 is 12.4 Å². The summed E-state index contributed by atoms with van der Waals surface area (Å²) in [7, 11) is -1.45. The standard InChI is InChI=1S/C30H33F7N6O3Si/c1-18(41-24-15-40-43(17-46-9-10-47(2,3)4)28(45)25(24)30(35,36)37)11-22(31)16-42-8-7-19-12-20(5-6-23(19)27(42)44)26-38-13-21(14-39-26)29(32,33)34/h5-8,12-15,18,22,41H,9-11,16-17H2,1-4H3/t18-,22?/m0/s1. The Bertz CT molecular complexity index is 1820. The number of nitrogens with zero attached hydrogens (tertiary/aromatic N) is 5. The van der Waals surface area contributed by atoms with Gasteiger partial charge < -0.3 is 14.6 Å². The lowest BCUT2D eigenvalue weighted by Crippen LogP contribution is -2.34. The van der Waals surface area contributed by atoms with Crippen molar-refractivity contribution in [2.75, 3.05) is 11.9 Å². The van der Waals surface area contributed by atoms with E-state index in [-0.39, 0.29) is 24.2 Å². The highest BCUT2D eigenvalue weighted by Gasteiger charge is 2.38. The Labute approximate surface area is 265 Å². The van der Waals surface area contributed by atoms with Crippen LogP contribution in [0.4, 0.5) is 36.4 Å². The second-order valence-corrected chi connectivity index (χ2v) is 18.0. The summed E-state index contributed by atoms with van der Waals surface area (Å²) in [5, 5.41) is 6.95. The van der Waals surface area contributed by atoms with Crippen LogP contribution >= 0.6 is 0 Å². The van der Waals surface area contributed by atoms with Crippen LogP contribution in [0.25, 0.3) is 22.2 Å². The number of alkyl halides is 7. The molecule has 254 valence electrons. The van der Waals surface area contributed by atoms with E-state index in [0.29, 0.717) is 28.0 Å². The second kappa shape index (κ2) is 13.9. The zero-order valence-corrected chi connectivity index (χ0v) is 26.9. The average molecular weight is 687 g/mol. The SMILES string of the molecule is C[C@@H](CC(F)Cn1ccc2cc(-c3ncc(C(F)(F)F)cn3)ccc2c1=O)Nc1cnn(COCC[Si](C)(C)C)c(=O)c1C(F)(F)F. The van der Waals surface area contributed by atoms with Crippen molar-refractivity contribution in [2.24, 2.45) is 0 Å². The molecular formula is C30H33F7N6O3Si. The predicted octanol–water partition coefficient (Wildman–Crippen LogP) is 6.59. The van der Waals surface area contributed by atoms with E-state index in [4.69, 9.17) is 4.74 Å². The molecule has 3 heterocycles. The molecule has 0 saturated carbocycles. The highest BCUT2D eigenvalue weighted by atomic mass is 28.3. The normalized spacial score (nSPS) is 13.9. The van der Waals surface area contributed by atoms with Crippen molar-refractivity contribution in [1.29, 1.82) is 0 Å². The maximum Gasteiger partial charge on any atom is 0.423 e. The predicted molar refractivity (Wildman–Crippen MR) is 164 cm³/mol. The largest absolute Gasteiger partial charge is 0.423 e. The fourth-order valence-corrected chi connectivity index (χ4v) is 5.44. The molecular weight excluding hydrogens is 653 g/mol. The van der Waals surface area contributed by atoms with Gasteiger partial charge in [0.15, 0.2) is 5.82 Å². The van der Waals surface area contributed by atoms with Gasteiger partial charge in [-0.1, -0.05) is 25.7 Å². The third kappa shape index (κ3) is 9.24. The number of aromatic nitrogens is 5. The molecule has 2 atom stereocenters. The smallest absolute Gasteiger partial charge is 0.381 e. The van der Waals surface area contributed by atoms with E-state index in [1.54, 1.807) is 0 Å². The van der Waals surface area contributed by atoms with Crippen molar-refractivity contribution in [3.05, 3.63) is 80.9 Å². The molecule has 0 saturated heterocycles. The average Bonchev–Trinajstić information content (AvgIpc) is 2.96. The first kappa shape index (κ1) is 35.7. The summed E-state index contributed by atoms with van der Waals surface area (Å²) in [4.78, 5) is 33.2. The van der Waals surface area contributed by atoms with Crippen LogP contribution in [0, 0.1) is 0 Å². The molecule has 4 aromatic rings. The van der Waals surface area contributed by atoms with E-state index in [2.05, 4.69) is 40.0 Å². The number of nitrogens with one attached hydrogen (secondary N) is 1. The Hall–Kier alpha value is -4.12. The molecule has 0 aliphatic carbocycles. The summed E-state index contributed by atoms with van der Waals surface area (Å²) >= 11 is 0. The zero-order valence-electron chi connectivity index (χ0n) is 25.9. The summed E-state index contributed by atoms with van der Waals surface area (Å²) in [5.41, 5.74) is -4.67. The lowest BCUT2D eigenvalue weighted by molar-refractivity contribution is -0.139. The molecule has 0 aliphatic rings. The van der Waals surface area contributed by atoms with Crippen LogP contribution in [0.2, 0.25) is 25.7 Å². The molecule has 3 aromatic heterocycles. The Morgan fingerprint density at radius 3 is 2.26 bits per heavy atom. The molecule has 0 spiro atoms. The van der Waals surface area contributed by atoms with Crippen LogP contribution in [-0.4, -0.2) is 51.2 Å². The maximum absolute atomic E-state index is 15.1. The van der Waals surface area contributed by atoms with Gasteiger partial charge in [0.25, 0.3) is 11.1 Å². The number of halogens is 7. The van der Waals surface area contributed by atoms with Crippen LogP contribution in [0.15, 0.2) is 58.6 Å². The number of rotatable bonds is 12. The van der Waals surface area contributed by atoms with E-state index in [1.165, 1.54) is 37.4 Å². The molecule has 0 fully saturated rings. The van der Waals surface area contributed by atoms with Crippen LogP contribution in [-0.2, 0) is 30.4 Å². The van der Waals surface area contributed by atoms with Crippen LogP contribution in [0.5, 0.6) is 0 Å². The van der Waals surface area contributed by atoms with E-state index in [0.717, 1.165) is 16.8 Å². The monoisotopic (exact) mass is 686 g/mol. The molecule has 1 unspecified atom stereocenters. The summed E-state index contributed by atoms with van der Waals surface area (Å²) in [6.45, 7) is 7.17. The first-order valence-electron chi connectivity index (χ1n) is 14.5. The van der Waals surface area contributed by atoms with Gasteiger partial charge in [-0.15, -0.1) is 0 Å². The molecule has 0 radical (unpaired) electrons. The van der Waals surface area contributed by atoms with E-state index < -0.39 is 73.8 Å². The molecule has 17 heteroatoms. The van der Waals surface area contributed by atoms with Gasteiger partial charge in [-0.25, -0.2) is 19.0 Å². The Morgan fingerprint density at radius 1 is 0.957 bits per heavy atom. The van der Waals surface area contributed by atoms with E-state index >= 15 is 4.39 Å². The van der Waals surface area contributed by atoms with Crippen molar-refractivity contribution in [3.63, 3.8) is 0 Å². The Morgan fingerprint density at radius 2 is 1.64 bits per heavy atom. The number of benzene rings is 1. The molecule has 9 nitrogen and oxygen atoms in total. The van der Waals surface area contributed by atoms with Crippen molar-refractivity contribution in [1.82, 2.24) is 24.3 Å². The van der Waals surface area contributed by atoms with Gasteiger partial charge in [-0.05, 0) is 36.6 Å². The van der Waals surface area contributed by atoms with Crippen LogP contribution in [0.1, 0.15) is 24.5 Å². The summed E-state index contributed by atoms with van der Waals surface area (Å²) in [6, 6.07) is 5.77. The highest BCUT2D eigenvalue weighted by molar-refractivity contribution is 6.76. The second-order valence-electron chi connectivity index (χ2n) is 12.3. The summed E-state index contributed by atoms with van der Waals surface area (Å²) in [5.74, 6) is 0.0152. The van der Waals surface area contributed by atoms with Crippen molar-refractivity contribution >= 4 is 24.5 Å². The minimum absolute atomic E-state index is 0.0152. The fraction of sp³-hybridized carbons (Fsp3) is 0.433. The lowest BCUT2D eigenvalue weighted by Gasteiger charge is -2.21. The molecule has 0 bridgehead atoms. The first-order chi connectivity index (χ1) is 21.8. The number of fused-ring (bicyclic) bond motifs is 1. The minimum atomic E-state index is -5.02. The third-order valence-electron chi connectivity index (χ3n) is 7.16. The van der Waals surface area contributed by atoms with Gasteiger partial charge in [0, 0.05) is 56.7 Å². The number of pyridine rings is 1. The summed E-state index contributed by atoms with van der Waals surface area (Å²) < 4.78 is 102. The number of hydrogen-bond acceptors (Lipinski definition) is 7. The molecule has 47 heavy (non-hydrogen) atoms. The molecule has 0 amide bonds. The molecule has 0 aliphatic heterocycles. The Balaban J connectivity index is 1.43. The minimum Gasteiger partial charge on any atom is -0.381 e. The molecule has 4 rings (SSSR count). The maximum atomic E-state index is 15.1. The third-order valence-corrected chi connectivity index (χ3v) is 8.86. The zero-order chi connectivity index (χ0) is 34.7. The van der Waals surface area contributed by atoms with Crippen molar-refractivity contribution in [2.45, 2.75) is 76.9 Å². The van der Waals surface area contributed by atoms with Crippen molar-refractivity contribution < 1.29 is 35.5 Å². The van der Waals surface area contributed by atoms with E-state index in [9.17, 15) is 35.9 Å². The van der Waals surface area contributed by atoms with Gasteiger partial charge in [0.2, 0.25) is 0 Å². The molecule has 1 N–H and O–H groups in total. The Kier molecular flexibility index (Phi) is 10.6. The van der Waals surface area contributed by atoms with Gasteiger partial charge in [0.05, 0.1) is 24.0 Å². The topological polar surface area (TPSA) is 104 Å².